The topological polar surface area (TPSA) is 71.0 Å². The van der Waals surface area contributed by atoms with E-state index in [-0.39, 0.29) is 6.54 Å². The normalized spacial score (nSPS) is 11.1. The molecule has 0 aliphatic rings. The van der Waals surface area contributed by atoms with E-state index in [9.17, 15) is 10.1 Å². The van der Waals surface area contributed by atoms with E-state index >= 15 is 0 Å². The van der Waals surface area contributed by atoms with Crippen molar-refractivity contribution in [2.45, 2.75) is 27.3 Å². The van der Waals surface area contributed by atoms with E-state index in [1.165, 1.54) is 0 Å². The van der Waals surface area contributed by atoms with E-state index in [0.717, 1.165) is 43.1 Å². The Morgan fingerprint density at radius 1 is 0.964 bits per heavy atom. The lowest BCUT2D eigenvalue weighted by Gasteiger charge is -2.03. The zero-order chi connectivity index (χ0) is 19.8. The number of imidazole rings is 1. The van der Waals surface area contributed by atoms with Gasteiger partial charge < -0.3 is 5.21 Å². The summed E-state index contributed by atoms with van der Waals surface area (Å²) in [6.45, 7) is 6.04. The summed E-state index contributed by atoms with van der Waals surface area (Å²) in [4.78, 5) is 21.5. The highest BCUT2D eigenvalue weighted by Crippen LogP contribution is 2.26. The van der Waals surface area contributed by atoms with Crippen molar-refractivity contribution in [3.63, 3.8) is 0 Å². The van der Waals surface area contributed by atoms with Crippen LogP contribution in [0.2, 0.25) is 0 Å². The lowest BCUT2D eigenvalue weighted by atomic mass is 10.1. The molecule has 0 spiro atoms. The van der Waals surface area contributed by atoms with Crippen LogP contribution in [0.3, 0.4) is 0 Å². The molecule has 0 fully saturated rings. The number of hydrogen-bond acceptors (Lipinski definition) is 4. The van der Waals surface area contributed by atoms with Gasteiger partial charge in [0.15, 0.2) is 5.82 Å². The number of hydrogen-bond donors (Lipinski definition) is 1. The summed E-state index contributed by atoms with van der Waals surface area (Å²) in [5.74, 6) is 0.447. The zero-order valence-corrected chi connectivity index (χ0v) is 16.0. The van der Waals surface area contributed by atoms with Crippen molar-refractivity contribution < 1.29 is 9.97 Å². The Morgan fingerprint density at radius 3 is 2.43 bits per heavy atom. The molecule has 0 saturated carbocycles. The van der Waals surface area contributed by atoms with Crippen molar-refractivity contribution in [1.29, 1.82) is 0 Å². The number of pyridine rings is 1. The van der Waals surface area contributed by atoms with Crippen LogP contribution in [0.4, 0.5) is 5.69 Å². The van der Waals surface area contributed by atoms with E-state index in [1.807, 2.05) is 51.1 Å². The van der Waals surface area contributed by atoms with Gasteiger partial charge in [-0.1, -0.05) is 6.07 Å². The molecule has 6 nitrogen and oxygen atoms in total. The molecule has 28 heavy (non-hydrogen) atoms. The summed E-state index contributed by atoms with van der Waals surface area (Å²) in [5, 5.41) is 10.5. The van der Waals surface area contributed by atoms with Crippen molar-refractivity contribution in [1.82, 2.24) is 14.7 Å². The Hall–Kier alpha value is -3.54. The minimum Gasteiger partial charge on any atom is -0.426 e. The predicted molar refractivity (Wildman–Crippen MR) is 108 cm³/mol. The Balaban J connectivity index is 1.60. The van der Waals surface area contributed by atoms with E-state index in [2.05, 4.69) is 9.97 Å². The van der Waals surface area contributed by atoms with Gasteiger partial charge in [-0.05, 0) is 62.7 Å². The largest absolute Gasteiger partial charge is 0.426 e. The second-order valence-electron chi connectivity index (χ2n) is 7.02. The van der Waals surface area contributed by atoms with E-state index < -0.39 is 0 Å². The van der Waals surface area contributed by atoms with Crippen LogP contribution in [-0.4, -0.2) is 24.7 Å². The highest BCUT2D eigenvalue weighted by Gasteiger charge is 2.18. The fourth-order valence-electron chi connectivity index (χ4n) is 3.27. The molecule has 0 atom stereocenters. The fourth-order valence-corrected chi connectivity index (χ4v) is 3.27. The average molecular weight is 373 g/mol. The molecule has 1 N–H and O–H groups in total. The van der Waals surface area contributed by atoms with Gasteiger partial charge in [-0.25, -0.2) is 4.98 Å². The Kier molecular flexibility index (Phi) is 4.39. The monoisotopic (exact) mass is 373 g/mol. The van der Waals surface area contributed by atoms with Crippen molar-refractivity contribution in [3.8, 4) is 11.4 Å². The first-order valence-corrected chi connectivity index (χ1v) is 9.09. The molecule has 6 heteroatoms. The van der Waals surface area contributed by atoms with Gasteiger partial charge in [0.2, 0.25) is 6.54 Å². The number of fused-ring (bicyclic) bond motifs is 1. The molecule has 0 amide bonds. The summed E-state index contributed by atoms with van der Waals surface area (Å²) in [5.41, 5.74) is 6.41. The molecule has 0 radical (unpaired) electrons. The van der Waals surface area contributed by atoms with Crippen LogP contribution in [0.5, 0.6) is 0 Å². The van der Waals surface area contributed by atoms with Gasteiger partial charge in [0.25, 0.3) is 5.69 Å². The van der Waals surface area contributed by atoms with Crippen molar-refractivity contribution in [2.75, 3.05) is 0 Å². The molecule has 2 aromatic heterocycles. The highest BCUT2D eigenvalue weighted by molar-refractivity contribution is 5.80. The molecule has 0 bridgehead atoms. The molecule has 4 aromatic rings. The van der Waals surface area contributed by atoms with Crippen molar-refractivity contribution in [2.24, 2.45) is 0 Å². The molecule has 4 rings (SSSR count). The number of nitrogens with zero attached hydrogens (tertiary/aromatic N) is 4. The van der Waals surface area contributed by atoms with Gasteiger partial charge in [-0.2, -0.15) is 4.73 Å². The number of aromatic nitrogens is 3. The molecule has 0 aliphatic heterocycles. The first kappa shape index (κ1) is 17.9. The van der Waals surface area contributed by atoms with Crippen LogP contribution in [-0.2, 0) is 6.54 Å². The van der Waals surface area contributed by atoms with Gasteiger partial charge in [0.1, 0.15) is 5.52 Å². The SMILES string of the molecule is Cc1ccc2nc(-c3ccc([N+](=O)Cc4ccc(C)nc4C)cc3)n(O)c2c1. The summed E-state index contributed by atoms with van der Waals surface area (Å²) in [6.07, 6.45) is 0. The minimum atomic E-state index is 0.232. The number of rotatable bonds is 4. The van der Waals surface area contributed by atoms with Crippen LogP contribution in [0.1, 0.15) is 22.5 Å². The second-order valence-corrected chi connectivity index (χ2v) is 7.02. The lowest BCUT2D eigenvalue weighted by molar-refractivity contribution is -0.480. The Bertz CT molecular complexity index is 1190. The van der Waals surface area contributed by atoms with Gasteiger partial charge in [-0.15, -0.1) is 0 Å². The van der Waals surface area contributed by atoms with Gasteiger partial charge in [-0.3, -0.25) is 4.98 Å². The molecule has 2 aromatic carbocycles. The third kappa shape index (κ3) is 3.24. The van der Waals surface area contributed by atoms with E-state index in [4.69, 9.17) is 0 Å². The van der Waals surface area contributed by atoms with Crippen LogP contribution >= 0.6 is 0 Å². The quantitative estimate of drug-likeness (QED) is 0.409. The highest BCUT2D eigenvalue weighted by atomic mass is 16.5. The third-order valence-electron chi connectivity index (χ3n) is 4.85. The van der Waals surface area contributed by atoms with E-state index in [0.29, 0.717) is 17.0 Å². The zero-order valence-electron chi connectivity index (χ0n) is 16.0. The maximum Gasteiger partial charge on any atom is 0.256 e. The molecular weight excluding hydrogens is 352 g/mol. The molecule has 0 saturated heterocycles. The fraction of sp³-hybridized carbons (Fsp3) is 0.182. The second kappa shape index (κ2) is 6.88. The molecule has 0 aliphatic carbocycles. The maximum atomic E-state index is 12.6. The van der Waals surface area contributed by atoms with Crippen LogP contribution < -0.4 is 0 Å². The predicted octanol–water partition coefficient (Wildman–Crippen LogP) is 4.87. The Labute approximate surface area is 162 Å². The summed E-state index contributed by atoms with van der Waals surface area (Å²) < 4.78 is 2.03. The minimum absolute atomic E-state index is 0.232. The van der Waals surface area contributed by atoms with Gasteiger partial charge in [0, 0.05) is 44.3 Å². The van der Waals surface area contributed by atoms with Crippen molar-refractivity contribution >= 4 is 16.7 Å². The summed E-state index contributed by atoms with van der Waals surface area (Å²) in [7, 11) is 0. The van der Waals surface area contributed by atoms with Crippen LogP contribution in [0, 0.1) is 25.7 Å². The number of aryl methyl sites for hydroxylation is 3. The van der Waals surface area contributed by atoms with Gasteiger partial charge >= 0.3 is 0 Å². The lowest BCUT2D eigenvalue weighted by Crippen LogP contribution is -2.04. The molecule has 0 unspecified atom stereocenters. The molecular formula is C22H21N4O2+. The van der Waals surface area contributed by atoms with Crippen LogP contribution in [0.25, 0.3) is 22.4 Å². The van der Waals surface area contributed by atoms with Gasteiger partial charge in [0.05, 0.1) is 5.52 Å². The molecule has 2 heterocycles. The standard InChI is InChI=1S/C22H21N4O2/c1-14-4-11-20-21(12-14)26(28)22(24-20)17-7-9-19(10-8-17)25(27)13-18-6-5-15(2)23-16(18)3/h4-12,28H,13H2,1-3H3/q+1. The first-order valence-electron chi connectivity index (χ1n) is 9.09. The number of benzene rings is 2. The van der Waals surface area contributed by atoms with Crippen molar-refractivity contribution in [3.05, 3.63) is 82.0 Å². The average Bonchev–Trinajstić information content (AvgIpc) is 3.00. The maximum absolute atomic E-state index is 12.6. The van der Waals surface area contributed by atoms with E-state index in [1.54, 1.807) is 24.3 Å². The summed E-state index contributed by atoms with van der Waals surface area (Å²) in [6, 6.07) is 16.6. The number of nitroso groups, excluding NO2 is 1. The first-order chi connectivity index (χ1) is 13.4. The molecule has 140 valence electrons. The smallest absolute Gasteiger partial charge is 0.256 e. The Morgan fingerprint density at radius 2 is 1.71 bits per heavy atom. The van der Waals surface area contributed by atoms with Crippen LogP contribution in [0.15, 0.2) is 54.6 Å². The third-order valence-corrected chi connectivity index (χ3v) is 4.85. The summed E-state index contributed by atoms with van der Waals surface area (Å²) >= 11 is 0.